The van der Waals surface area contributed by atoms with Crippen molar-refractivity contribution in [2.24, 2.45) is 0 Å². The summed E-state index contributed by atoms with van der Waals surface area (Å²) in [5.41, 5.74) is 1.38. The molecule has 3 nitrogen and oxygen atoms in total. The minimum atomic E-state index is 0.0277. The first-order valence-electron chi connectivity index (χ1n) is 7.67. The maximum Gasteiger partial charge on any atom is 0.260 e. The first-order valence-corrected chi connectivity index (χ1v) is 7.67. The minimum absolute atomic E-state index is 0.0277. The molecule has 0 fully saturated rings. The van der Waals surface area contributed by atoms with Gasteiger partial charge < -0.3 is 9.64 Å². The van der Waals surface area contributed by atoms with Crippen molar-refractivity contribution in [3.05, 3.63) is 29.8 Å². The van der Waals surface area contributed by atoms with Gasteiger partial charge in [-0.1, -0.05) is 32.9 Å². The van der Waals surface area contributed by atoms with Gasteiger partial charge in [0.1, 0.15) is 5.75 Å². The molecule has 0 unspecified atom stereocenters. The topological polar surface area (TPSA) is 29.5 Å². The molecule has 0 radical (unpaired) electrons. The van der Waals surface area contributed by atoms with Crippen LogP contribution in [0, 0.1) is 0 Å². The van der Waals surface area contributed by atoms with Crippen molar-refractivity contribution in [2.45, 2.75) is 66.0 Å². The second kappa shape index (κ2) is 6.97. The first-order chi connectivity index (χ1) is 9.62. The van der Waals surface area contributed by atoms with Crippen LogP contribution >= 0.6 is 0 Å². The average Bonchev–Trinajstić information content (AvgIpc) is 2.35. The van der Waals surface area contributed by atoms with E-state index in [1.807, 2.05) is 44.7 Å². The van der Waals surface area contributed by atoms with E-state index in [0.717, 1.165) is 5.75 Å². The molecule has 0 aromatic heterocycles. The van der Waals surface area contributed by atoms with Gasteiger partial charge in [0.15, 0.2) is 6.61 Å². The Morgan fingerprint density at radius 1 is 1.05 bits per heavy atom. The Labute approximate surface area is 129 Å². The molecule has 1 aromatic rings. The molecule has 0 aliphatic carbocycles. The van der Waals surface area contributed by atoms with Gasteiger partial charge in [-0.05, 0) is 50.8 Å². The van der Waals surface area contributed by atoms with Crippen LogP contribution in [0.2, 0.25) is 0 Å². The fraction of sp³-hybridized carbons (Fsp3) is 0.611. The van der Waals surface area contributed by atoms with Gasteiger partial charge in [-0.3, -0.25) is 4.79 Å². The third kappa shape index (κ3) is 5.07. The van der Waals surface area contributed by atoms with Crippen molar-refractivity contribution in [3.8, 4) is 5.75 Å². The van der Waals surface area contributed by atoms with E-state index in [0.29, 0.717) is 0 Å². The van der Waals surface area contributed by atoms with Crippen molar-refractivity contribution >= 4 is 5.91 Å². The second-order valence-electron chi connectivity index (χ2n) is 7.05. The number of carbonyl (C=O) groups excluding carboxylic acids is 1. The molecule has 1 rings (SSSR count). The molecule has 1 aromatic carbocycles. The number of rotatable bonds is 5. The van der Waals surface area contributed by atoms with Crippen molar-refractivity contribution in [3.63, 3.8) is 0 Å². The van der Waals surface area contributed by atoms with Crippen LogP contribution in [-0.4, -0.2) is 29.5 Å². The van der Waals surface area contributed by atoms with E-state index >= 15 is 0 Å². The summed E-state index contributed by atoms with van der Waals surface area (Å²) in [7, 11) is 0. The minimum Gasteiger partial charge on any atom is -0.484 e. The molecule has 0 saturated carbocycles. The normalized spacial score (nSPS) is 11.9. The smallest absolute Gasteiger partial charge is 0.260 e. The molecular weight excluding hydrogens is 262 g/mol. The predicted octanol–water partition coefficient (Wildman–Crippen LogP) is 4.01. The van der Waals surface area contributed by atoms with Crippen molar-refractivity contribution in [1.29, 1.82) is 0 Å². The van der Waals surface area contributed by atoms with E-state index in [-0.39, 0.29) is 30.0 Å². The summed E-state index contributed by atoms with van der Waals surface area (Å²) >= 11 is 0. The van der Waals surface area contributed by atoms with E-state index in [2.05, 4.69) is 32.9 Å². The van der Waals surface area contributed by atoms with Gasteiger partial charge in [-0.2, -0.15) is 0 Å². The summed E-state index contributed by atoms with van der Waals surface area (Å²) in [6, 6.07) is 8.35. The molecule has 21 heavy (non-hydrogen) atoms. The van der Waals surface area contributed by atoms with Crippen LogP contribution < -0.4 is 4.74 Å². The van der Waals surface area contributed by atoms with Gasteiger partial charge in [0.2, 0.25) is 0 Å². The standard InChI is InChI=1S/C18H29NO2/c1-13(2)19(14(3)4)17(20)12-21-16-10-8-15(9-11-16)18(5,6)7/h8-11,13-14H,12H2,1-7H3. The number of hydrogen-bond donors (Lipinski definition) is 0. The molecular formula is C18H29NO2. The fourth-order valence-electron chi connectivity index (χ4n) is 2.44. The molecule has 0 spiro atoms. The highest BCUT2D eigenvalue weighted by molar-refractivity contribution is 5.78. The Morgan fingerprint density at radius 3 is 1.90 bits per heavy atom. The van der Waals surface area contributed by atoms with E-state index in [1.165, 1.54) is 5.56 Å². The van der Waals surface area contributed by atoms with Crippen LogP contribution in [0.3, 0.4) is 0 Å². The zero-order chi connectivity index (χ0) is 16.2. The summed E-state index contributed by atoms with van der Waals surface area (Å²) in [6.45, 7) is 14.7. The van der Waals surface area contributed by atoms with Gasteiger partial charge in [0, 0.05) is 12.1 Å². The molecule has 1 amide bonds. The predicted molar refractivity (Wildman–Crippen MR) is 87.8 cm³/mol. The highest BCUT2D eigenvalue weighted by atomic mass is 16.5. The maximum absolute atomic E-state index is 12.2. The van der Waals surface area contributed by atoms with Crippen LogP contribution in [0.4, 0.5) is 0 Å². The van der Waals surface area contributed by atoms with Gasteiger partial charge in [0.25, 0.3) is 5.91 Å². The number of amides is 1. The summed E-state index contributed by atoms with van der Waals surface area (Å²) in [4.78, 5) is 14.1. The maximum atomic E-state index is 12.2. The van der Waals surface area contributed by atoms with Gasteiger partial charge in [-0.15, -0.1) is 0 Å². The lowest BCUT2D eigenvalue weighted by molar-refractivity contribution is -0.136. The molecule has 0 atom stereocenters. The fourth-order valence-corrected chi connectivity index (χ4v) is 2.44. The van der Waals surface area contributed by atoms with Gasteiger partial charge in [-0.25, -0.2) is 0 Å². The van der Waals surface area contributed by atoms with E-state index < -0.39 is 0 Å². The van der Waals surface area contributed by atoms with Crippen LogP contribution in [0.25, 0.3) is 0 Å². The van der Waals surface area contributed by atoms with E-state index in [4.69, 9.17) is 4.74 Å². The summed E-state index contributed by atoms with van der Waals surface area (Å²) in [5, 5.41) is 0. The average molecular weight is 291 g/mol. The lowest BCUT2D eigenvalue weighted by atomic mass is 9.87. The van der Waals surface area contributed by atoms with Crippen LogP contribution in [0.15, 0.2) is 24.3 Å². The number of hydrogen-bond acceptors (Lipinski definition) is 2. The Morgan fingerprint density at radius 2 is 1.52 bits per heavy atom. The Balaban J connectivity index is 2.65. The third-order valence-corrected chi connectivity index (χ3v) is 3.48. The summed E-state index contributed by atoms with van der Waals surface area (Å²) < 4.78 is 5.63. The van der Waals surface area contributed by atoms with Crippen molar-refractivity contribution in [1.82, 2.24) is 4.90 Å². The van der Waals surface area contributed by atoms with Crippen molar-refractivity contribution < 1.29 is 9.53 Å². The molecule has 0 aliphatic rings. The number of carbonyl (C=O) groups is 1. The number of benzene rings is 1. The highest BCUT2D eigenvalue weighted by Crippen LogP contribution is 2.24. The van der Waals surface area contributed by atoms with Crippen LogP contribution in [-0.2, 0) is 10.2 Å². The van der Waals surface area contributed by atoms with E-state index in [1.54, 1.807) is 0 Å². The Hall–Kier alpha value is -1.51. The lowest BCUT2D eigenvalue weighted by Gasteiger charge is -2.30. The van der Waals surface area contributed by atoms with Gasteiger partial charge in [0.05, 0.1) is 0 Å². The summed E-state index contributed by atoms with van der Waals surface area (Å²) in [5.74, 6) is 0.767. The Bertz CT molecular complexity index is 447. The molecule has 0 aliphatic heterocycles. The quantitative estimate of drug-likeness (QED) is 0.820. The van der Waals surface area contributed by atoms with E-state index in [9.17, 15) is 4.79 Å². The molecule has 0 heterocycles. The SMILES string of the molecule is CC(C)N(C(=O)COc1ccc(C(C)(C)C)cc1)C(C)C. The molecule has 0 bridgehead atoms. The van der Waals surface area contributed by atoms with Gasteiger partial charge >= 0.3 is 0 Å². The summed E-state index contributed by atoms with van der Waals surface area (Å²) in [6.07, 6.45) is 0. The van der Waals surface area contributed by atoms with Crippen LogP contribution in [0.5, 0.6) is 5.75 Å². The third-order valence-electron chi connectivity index (χ3n) is 3.48. The zero-order valence-corrected chi connectivity index (χ0v) is 14.4. The molecule has 118 valence electrons. The lowest BCUT2D eigenvalue weighted by Crippen LogP contribution is -2.44. The largest absolute Gasteiger partial charge is 0.484 e. The Kier molecular flexibility index (Phi) is 5.82. The monoisotopic (exact) mass is 291 g/mol. The number of nitrogens with zero attached hydrogens (tertiary/aromatic N) is 1. The zero-order valence-electron chi connectivity index (χ0n) is 14.4. The molecule has 0 N–H and O–H groups in total. The molecule has 0 saturated heterocycles. The second-order valence-corrected chi connectivity index (χ2v) is 7.05. The number of ether oxygens (including phenoxy) is 1. The first kappa shape index (κ1) is 17.5. The van der Waals surface area contributed by atoms with Crippen molar-refractivity contribution in [2.75, 3.05) is 6.61 Å². The van der Waals surface area contributed by atoms with Crippen LogP contribution in [0.1, 0.15) is 54.0 Å². The highest BCUT2D eigenvalue weighted by Gasteiger charge is 2.20. The molecule has 3 heteroatoms.